The van der Waals surface area contributed by atoms with Crippen LogP contribution in [-0.4, -0.2) is 16.8 Å². The Morgan fingerprint density at radius 1 is 1.23 bits per heavy atom. The lowest BCUT2D eigenvalue weighted by atomic mass is 10.1. The summed E-state index contributed by atoms with van der Waals surface area (Å²) in [6.07, 6.45) is 0.301. The summed E-state index contributed by atoms with van der Waals surface area (Å²) >= 11 is 1.07. The number of aryl methyl sites for hydroxylation is 1. The molecule has 0 saturated heterocycles. The lowest BCUT2D eigenvalue weighted by Gasteiger charge is -2.12. The molecule has 0 spiro atoms. The van der Waals surface area contributed by atoms with Gasteiger partial charge in [0.05, 0.1) is 0 Å². The highest BCUT2D eigenvalue weighted by molar-refractivity contribution is 14.1. The quantitative estimate of drug-likeness (QED) is 0.489. The predicted octanol–water partition coefficient (Wildman–Crippen LogP) is 4.15. The second-order valence-electron chi connectivity index (χ2n) is 5.66. The summed E-state index contributed by atoms with van der Waals surface area (Å²) in [5.41, 5.74) is 1.36. The van der Waals surface area contributed by atoms with Gasteiger partial charge in [-0.3, -0.25) is 9.59 Å². The molecule has 0 aliphatic carbocycles. The number of alkyl halides is 3. The Morgan fingerprint density at radius 3 is 2.62 bits per heavy atom. The van der Waals surface area contributed by atoms with E-state index < -0.39 is 3.93 Å². The third-order valence-electron chi connectivity index (χ3n) is 3.51. The Labute approximate surface area is 163 Å². The van der Waals surface area contributed by atoms with E-state index in [-0.39, 0.29) is 23.9 Å². The average molecular weight is 473 g/mol. The van der Waals surface area contributed by atoms with Gasteiger partial charge >= 0.3 is 3.93 Å². The number of hydrogen-bond acceptors (Lipinski definition) is 3. The third-order valence-corrected chi connectivity index (χ3v) is 4.13. The fourth-order valence-corrected chi connectivity index (χ4v) is 2.57. The Hall–Kier alpha value is -2.10. The molecular formula is C18H18F2IN3O2. The fraction of sp³-hybridized carbons (Fsp3) is 0.278. The molecule has 1 heterocycles. The van der Waals surface area contributed by atoms with Crippen LogP contribution >= 0.6 is 22.6 Å². The fourth-order valence-electron chi connectivity index (χ4n) is 2.24. The minimum absolute atomic E-state index is 0.109. The van der Waals surface area contributed by atoms with Gasteiger partial charge in [-0.25, -0.2) is 4.98 Å². The normalized spacial score (nSPS) is 11.1. The van der Waals surface area contributed by atoms with E-state index in [1.54, 1.807) is 26.0 Å². The Morgan fingerprint density at radius 2 is 1.96 bits per heavy atom. The SMILES string of the molecule is CCC(=O)Nc1cc(C(=O)NCc2cccc(C(F)(F)I)c2)cc(C)n1. The van der Waals surface area contributed by atoms with Crippen molar-refractivity contribution in [2.24, 2.45) is 0 Å². The van der Waals surface area contributed by atoms with Crippen molar-refractivity contribution in [2.75, 3.05) is 5.32 Å². The number of carbonyl (C=O) groups is 2. The maximum absolute atomic E-state index is 13.4. The van der Waals surface area contributed by atoms with E-state index in [1.807, 2.05) is 0 Å². The highest BCUT2D eigenvalue weighted by atomic mass is 127. The molecule has 138 valence electrons. The predicted molar refractivity (Wildman–Crippen MR) is 103 cm³/mol. The molecule has 0 aliphatic heterocycles. The largest absolute Gasteiger partial charge is 0.348 e. The van der Waals surface area contributed by atoms with Crippen LogP contribution in [0.5, 0.6) is 0 Å². The monoisotopic (exact) mass is 473 g/mol. The maximum atomic E-state index is 13.4. The Bertz CT molecular complexity index is 822. The summed E-state index contributed by atoms with van der Waals surface area (Å²) in [5.74, 6) is -0.284. The second kappa shape index (κ2) is 8.52. The topological polar surface area (TPSA) is 71.1 Å². The van der Waals surface area contributed by atoms with Crippen LogP contribution in [0.25, 0.3) is 0 Å². The Balaban J connectivity index is 2.10. The molecule has 0 fully saturated rings. The van der Waals surface area contributed by atoms with E-state index >= 15 is 0 Å². The second-order valence-corrected chi connectivity index (χ2v) is 7.02. The van der Waals surface area contributed by atoms with E-state index in [2.05, 4.69) is 15.6 Å². The van der Waals surface area contributed by atoms with Crippen molar-refractivity contribution in [2.45, 2.75) is 30.7 Å². The molecule has 0 saturated carbocycles. The van der Waals surface area contributed by atoms with Gasteiger partial charge in [0.2, 0.25) is 5.91 Å². The standard InChI is InChI=1S/C18H18F2IN3O2/c1-3-16(25)24-15-9-13(7-11(2)23-15)17(26)22-10-12-5-4-6-14(8-12)18(19,20)21/h4-9H,3,10H2,1-2H3,(H,22,26)(H,23,24,25). The van der Waals surface area contributed by atoms with Gasteiger partial charge in [0.25, 0.3) is 5.91 Å². The molecule has 0 unspecified atom stereocenters. The smallest absolute Gasteiger partial charge is 0.321 e. The number of nitrogens with one attached hydrogen (secondary N) is 2. The van der Waals surface area contributed by atoms with Crippen molar-refractivity contribution in [1.82, 2.24) is 10.3 Å². The van der Waals surface area contributed by atoms with Gasteiger partial charge in [-0.2, -0.15) is 8.78 Å². The van der Waals surface area contributed by atoms with Crippen LogP contribution in [0.4, 0.5) is 14.6 Å². The molecule has 0 bridgehead atoms. The van der Waals surface area contributed by atoms with Crippen molar-refractivity contribution in [3.8, 4) is 0 Å². The number of hydrogen-bond donors (Lipinski definition) is 2. The van der Waals surface area contributed by atoms with Crippen molar-refractivity contribution in [3.05, 3.63) is 58.8 Å². The molecular weight excluding hydrogens is 455 g/mol. The number of halogens is 3. The van der Waals surface area contributed by atoms with Crippen LogP contribution in [0.3, 0.4) is 0 Å². The third kappa shape index (κ3) is 5.72. The molecule has 2 N–H and O–H groups in total. The molecule has 2 amide bonds. The van der Waals surface area contributed by atoms with Crippen molar-refractivity contribution < 1.29 is 18.4 Å². The number of amides is 2. The number of rotatable bonds is 6. The van der Waals surface area contributed by atoms with Crippen molar-refractivity contribution in [3.63, 3.8) is 0 Å². The summed E-state index contributed by atoms with van der Waals surface area (Å²) in [5, 5.41) is 5.30. The van der Waals surface area contributed by atoms with Crippen LogP contribution in [0.2, 0.25) is 0 Å². The number of carbonyl (C=O) groups excluding carboxylic acids is 2. The van der Waals surface area contributed by atoms with Gasteiger partial charge in [0.1, 0.15) is 5.82 Å². The first-order valence-corrected chi connectivity index (χ1v) is 8.99. The summed E-state index contributed by atoms with van der Waals surface area (Å²) in [7, 11) is 0. The zero-order valence-corrected chi connectivity index (χ0v) is 16.4. The van der Waals surface area contributed by atoms with Crippen molar-refractivity contribution in [1.29, 1.82) is 0 Å². The van der Waals surface area contributed by atoms with Crippen molar-refractivity contribution >= 4 is 40.2 Å². The molecule has 8 heteroatoms. The van der Waals surface area contributed by atoms with Gasteiger partial charge < -0.3 is 10.6 Å². The van der Waals surface area contributed by atoms with Gasteiger partial charge in [-0.05, 0) is 30.7 Å². The van der Waals surface area contributed by atoms with Crippen LogP contribution in [0.15, 0.2) is 36.4 Å². The summed E-state index contributed by atoms with van der Waals surface area (Å²) < 4.78 is 23.8. The van der Waals surface area contributed by atoms with Gasteiger partial charge in [-0.1, -0.05) is 25.1 Å². The number of anilines is 1. The van der Waals surface area contributed by atoms with Crippen LogP contribution in [0.1, 0.15) is 40.5 Å². The summed E-state index contributed by atoms with van der Waals surface area (Å²) in [6, 6.07) is 8.96. The highest BCUT2D eigenvalue weighted by Gasteiger charge is 2.26. The number of benzene rings is 1. The zero-order chi connectivity index (χ0) is 19.3. The number of pyridine rings is 1. The Kier molecular flexibility index (Phi) is 6.63. The lowest BCUT2D eigenvalue weighted by Crippen LogP contribution is -2.23. The van der Waals surface area contributed by atoms with Gasteiger partial charge in [0.15, 0.2) is 0 Å². The van der Waals surface area contributed by atoms with E-state index in [0.29, 0.717) is 29.1 Å². The lowest BCUT2D eigenvalue weighted by molar-refractivity contribution is -0.115. The molecule has 0 atom stereocenters. The van der Waals surface area contributed by atoms with Crippen LogP contribution in [-0.2, 0) is 15.3 Å². The van der Waals surface area contributed by atoms with Gasteiger partial charge in [-0.15, -0.1) is 0 Å². The summed E-state index contributed by atoms with van der Waals surface area (Å²) in [6.45, 7) is 3.54. The molecule has 1 aromatic carbocycles. The molecule has 5 nitrogen and oxygen atoms in total. The summed E-state index contributed by atoms with van der Waals surface area (Å²) in [4.78, 5) is 28.0. The first-order valence-electron chi connectivity index (χ1n) is 7.92. The van der Waals surface area contributed by atoms with Crippen LogP contribution in [0, 0.1) is 6.92 Å². The number of aromatic nitrogens is 1. The highest BCUT2D eigenvalue weighted by Crippen LogP contribution is 2.35. The molecule has 0 aliphatic rings. The van der Waals surface area contributed by atoms with E-state index in [4.69, 9.17) is 0 Å². The van der Waals surface area contributed by atoms with Gasteiger partial charge in [0, 0.05) is 52.4 Å². The first kappa shape index (κ1) is 20.2. The molecule has 1 aromatic heterocycles. The van der Waals surface area contributed by atoms with E-state index in [9.17, 15) is 18.4 Å². The van der Waals surface area contributed by atoms with E-state index in [0.717, 1.165) is 22.6 Å². The van der Waals surface area contributed by atoms with Crippen LogP contribution < -0.4 is 10.6 Å². The molecule has 0 radical (unpaired) electrons. The first-order chi connectivity index (χ1) is 12.2. The average Bonchev–Trinajstić information content (AvgIpc) is 2.58. The molecule has 26 heavy (non-hydrogen) atoms. The zero-order valence-electron chi connectivity index (χ0n) is 14.3. The maximum Gasteiger partial charge on any atom is 0.321 e. The minimum Gasteiger partial charge on any atom is -0.348 e. The van der Waals surface area contributed by atoms with E-state index in [1.165, 1.54) is 24.3 Å². The molecule has 2 aromatic rings. The minimum atomic E-state index is -2.97. The number of nitrogens with zero attached hydrogens (tertiary/aromatic N) is 1. The molecule has 2 rings (SSSR count).